The quantitative estimate of drug-likeness (QED) is 0.804. The van der Waals surface area contributed by atoms with Crippen LogP contribution in [0.3, 0.4) is 0 Å². The van der Waals surface area contributed by atoms with Crippen molar-refractivity contribution in [2.75, 3.05) is 6.54 Å². The van der Waals surface area contributed by atoms with Crippen LogP contribution in [0.15, 0.2) is 6.07 Å². The van der Waals surface area contributed by atoms with Crippen LogP contribution < -0.4 is 5.32 Å². The second kappa shape index (κ2) is 6.93. The maximum Gasteiger partial charge on any atom is 0.0796 e. The Morgan fingerprint density at radius 2 is 1.94 bits per heavy atom. The van der Waals surface area contributed by atoms with Gasteiger partial charge in [-0.2, -0.15) is 5.10 Å². The number of hydrogen-bond donors (Lipinski definition) is 1. The van der Waals surface area contributed by atoms with Gasteiger partial charge in [-0.3, -0.25) is 4.68 Å². The molecule has 18 heavy (non-hydrogen) atoms. The van der Waals surface area contributed by atoms with Gasteiger partial charge >= 0.3 is 0 Å². The standard InChI is InChI=1S/C15H29N3/c1-7-16-14(9-12(4)8-11(2)3)15-10-13(5)18(6)17-15/h10-12,14,16H,7-9H2,1-6H3. The van der Waals surface area contributed by atoms with Gasteiger partial charge in [-0.25, -0.2) is 0 Å². The third-order valence-electron chi connectivity index (χ3n) is 3.45. The Bertz CT molecular complexity index is 335. The van der Waals surface area contributed by atoms with E-state index in [1.54, 1.807) is 0 Å². The van der Waals surface area contributed by atoms with Crippen LogP contribution in [0.2, 0.25) is 0 Å². The molecule has 0 spiro atoms. The summed E-state index contributed by atoms with van der Waals surface area (Å²) in [5.74, 6) is 1.50. The average molecular weight is 251 g/mol. The van der Waals surface area contributed by atoms with Crippen molar-refractivity contribution in [3.8, 4) is 0 Å². The predicted molar refractivity (Wildman–Crippen MR) is 77.6 cm³/mol. The summed E-state index contributed by atoms with van der Waals surface area (Å²) in [6, 6.07) is 2.60. The van der Waals surface area contributed by atoms with E-state index < -0.39 is 0 Å². The Balaban J connectivity index is 2.70. The van der Waals surface area contributed by atoms with Gasteiger partial charge in [0.05, 0.1) is 11.7 Å². The number of nitrogens with zero attached hydrogens (tertiary/aromatic N) is 2. The number of aryl methyl sites for hydroxylation is 2. The van der Waals surface area contributed by atoms with Crippen LogP contribution in [0.5, 0.6) is 0 Å². The van der Waals surface area contributed by atoms with Crippen LogP contribution in [0.1, 0.15) is 58.0 Å². The molecule has 1 N–H and O–H groups in total. The zero-order valence-electron chi connectivity index (χ0n) is 12.8. The summed E-state index contributed by atoms with van der Waals surface area (Å²) in [7, 11) is 2.01. The summed E-state index contributed by atoms with van der Waals surface area (Å²) < 4.78 is 1.97. The minimum atomic E-state index is 0.392. The van der Waals surface area contributed by atoms with Gasteiger partial charge in [-0.1, -0.05) is 27.7 Å². The van der Waals surface area contributed by atoms with Crippen molar-refractivity contribution in [1.82, 2.24) is 15.1 Å². The highest BCUT2D eigenvalue weighted by Gasteiger charge is 2.18. The van der Waals surface area contributed by atoms with Gasteiger partial charge in [0.25, 0.3) is 0 Å². The van der Waals surface area contributed by atoms with Crippen molar-refractivity contribution in [2.24, 2.45) is 18.9 Å². The molecule has 0 bridgehead atoms. The number of rotatable bonds is 7. The average Bonchev–Trinajstić information content (AvgIpc) is 2.57. The lowest BCUT2D eigenvalue weighted by Gasteiger charge is -2.21. The highest BCUT2D eigenvalue weighted by Crippen LogP contribution is 2.24. The largest absolute Gasteiger partial charge is 0.309 e. The first-order chi connectivity index (χ1) is 8.43. The first kappa shape index (κ1) is 15.2. The molecule has 0 fully saturated rings. The summed E-state index contributed by atoms with van der Waals surface area (Å²) in [4.78, 5) is 0. The first-order valence-electron chi connectivity index (χ1n) is 7.17. The molecule has 0 aliphatic heterocycles. The molecule has 1 aromatic heterocycles. The number of aromatic nitrogens is 2. The SMILES string of the molecule is CCNC(CC(C)CC(C)C)c1cc(C)n(C)n1. The Labute approximate surface area is 112 Å². The van der Waals surface area contributed by atoms with E-state index in [2.05, 4.69) is 51.1 Å². The molecule has 2 unspecified atom stereocenters. The Morgan fingerprint density at radius 1 is 1.28 bits per heavy atom. The molecule has 1 aromatic rings. The summed E-state index contributed by atoms with van der Waals surface area (Å²) in [5, 5.41) is 8.18. The fourth-order valence-electron chi connectivity index (χ4n) is 2.62. The summed E-state index contributed by atoms with van der Waals surface area (Å²) in [6.07, 6.45) is 2.45. The third kappa shape index (κ3) is 4.45. The van der Waals surface area contributed by atoms with Gasteiger partial charge in [0, 0.05) is 12.7 Å². The summed E-state index contributed by atoms with van der Waals surface area (Å²) in [5.41, 5.74) is 2.41. The van der Waals surface area contributed by atoms with E-state index >= 15 is 0 Å². The van der Waals surface area contributed by atoms with Crippen LogP contribution in [0, 0.1) is 18.8 Å². The highest BCUT2D eigenvalue weighted by molar-refractivity contribution is 5.12. The molecule has 0 radical (unpaired) electrons. The van der Waals surface area contributed by atoms with Crippen molar-refractivity contribution in [3.63, 3.8) is 0 Å². The van der Waals surface area contributed by atoms with E-state index in [1.165, 1.54) is 24.2 Å². The molecule has 0 saturated carbocycles. The van der Waals surface area contributed by atoms with Gasteiger partial charge in [-0.15, -0.1) is 0 Å². The van der Waals surface area contributed by atoms with Gasteiger partial charge in [0.1, 0.15) is 0 Å². The zero-order chi connectivity index (χ0) is 13.7. The molecule has 0 saturated heterocycles. The topological polar surface area (TPSA) is 29.9 Å². The number of nitrogens with one attached hydrogen (secondary N) is 1. The number of hydrogen-bond acceptors (Lipinski definition) is 2. The second-order valence-corrected chi connectivity index (χ2v) is 5.91. The Kier molecular flexibility index (Phi) is 5.86. The smallest absolute Gasteiger partial charge is 0.0796 e. The lowest BCUT2D eigenvalue weighted by atomic mass is 9.91. The zero-order valence-corrected chi connectivity index (χ0v) is 12.8. The Hall–Kier alpha value is -0.830. The van der Waals surface area contributed by atoms with Crippen LogP contribution in [-0.4, -0.2) is 16.3 Å². The van der Waals surface area contributed by atoms with E-state index in [4.69, 9.17) is 0 Å². The molecular formula is C15H29N3. The lowest BCUT2D eigenvalue weighted by Crippen LogP contribution is -2.24. The maximum atomic E-state index is 4.62. The molecule has 104 valence electrons. The van der Waals surface area contributed by atoms with Gasteiger partial charge in [0.15, 0.2) is 0 Å². The fourth-order valence-corrected chi connectivity index (χ4v) is 2.62. The van der Waals surface area contributed by atoms with E-state index in [9.17, 15) is 0 Å². The lowest BCUT2D eigenvalue weighted by molar-refractivity contribution is 0.354. The normalized spacial score (nSPS) is 15.1. The van der Waals surface area contributed by atoms with Crippen molar-refractivity contribution < 1.29 is 0 Å². The summed E-state index contributed by atoms with van der Waals surface area (Å²) in [6.45, 7) is 12.2. The van der Waals surface area contributed by atoms with Crippen LogP contribution in [0.25, 0.3) is 0 Å². The van der Waals surface area contributed by atoms with E-state index in [0.29, 0.717) is 6.04 Å². The molecule has 0 aliphatic carbocycles. The summed E-state index contributed by atoms with van der Waals surface area (Å²) >= 11 is 0. The molecule has 0 amide bonds. The second-order valence-electron chi connectivity index (χ2n) is 5.91. The molecule has 3 heteroatoms. The minimum absolute atomic E-state index is 0.392. The third-order valence-corrected chi connectivity index (χ3v) is 3.45. The van der Waals surface area contributed by atoms with E-state index in [0.717, 1.165) is 18.4 Å². The van der Waals surface area contributed by atoms with Crippen LogP contribution >= 0.6 is 0 Å². The first-order valence-corrected chi connectivity index (χ1v) is 7.17. The van der Waals surface area contributed by atoms with Gasteiger partial charge in [-0.05, 0) is 44.2 Å². The monoisotopic (exact) mass is 251 g/mol. The van der Waals surface area contributed by atoms with E-state index in [-0.39, 0.29) is 0 Å². The van der Waals surface area contributed by atoms with Crippen molar-refractivity contribution in [3.05, 3.63) is 17.5 Å². The molecular weight excluding hydrogens is 222 g/mol. The highest BCUT2D eigenvalue weighted by atomic mass is 15.3. The van der Waals surface area contributed by atoms with Crippen molar-refractivity contribution in [2.45, 2.75) is 53.5 Å². The molecule has 1 heterocycles. The fraction of sp³-hybridized carbons (Fsp3) is 0.800. The van der Waals surface area contributed by atoms with Crippen LogP contribution in [0.4, 0.5) is 0 Å². The molecule has 3 nitrogen and oxygen atoms in total. The van der Waals surface area contributed by atoms with Gasteiger partial charge < -0.3 is 5.32 Å². The molecule has 1 rings (SSSR count). The van der Waals surface area contributed by atoms with Crippen molar-refractivity contribution in [1.29, 1.82) is 0 Å². The Morgan fingerprint density at radius 3 is 2.39 bits per heavy atom. The van der Waals surface area contributed by atoms with E-state index in [1.807, 2.05) is 11.7 Å². The molecule has 0 aromatic carbocycles. The van der Waals surface area contributed by atoms with Crippen molar-refractivity contribution >= 4 is 0 Å². The van der Waals surface area contributed by atoms with Gasteiger partial charge in [0.2, 0.25) is 0 Å². The van der Waals surface area contributed by atoms with Crippen LogP contribution in [-0.2, 0) is 7.05 Å². The molecule has 2 atom stereocenters. The maximum absolute atomic E-state index is 4.62. The predicted octanol–water partition coefficient (Wildman–Crippen LogP) is 3.45. The minimum Gasteiger partial charge on any atom is -0.309 e. The molecule has 0 aliphatic rings.